The van der Waals surface area contributed by atoms with Gasteiger partial charge in [0.15, 0.2) is 0 Å². The molecule has 4 heteroatoms. The van der Waals surface area contributed by atoms with Gasteiger partial charge < -0.3 is 4.74 Å². The van der Waals surface area contributed by atoms with Gasteiger partial charge in [-0.1, -0.05) is 0 Å². The van der Waals surface area contributed by atoms with Gasteiger partial charge in [-0.3, -0.25) is 10.2 Å². The fourth-order valence-electron chi connectivity index (χ4n) is 1.07. The first-order valence-corrected chi connectivity index (χ1v) is 4.59. The topological polar surface area (TPSA) is 41.6 Å². The highest BCUT2D eigenvalue weighted by molar-refractivity contribution is 5.68. The first kappa shape index (κ1) is 10.3. The summed E-state index contributed by atoms with van der Waals surface area (Å²) in [5, 5.41) is 3.14. The minimum atomic E-state index is -0.408. The molecule has 0 aromatic heterocycles. The molecule has 1 N–H and O–H groups in total. The fraction of sp³-hybridized carbons (Fsp3) is 0.889. The Balaban J connectivity index is 2.38. The zero-order valence-electron chi connectivity index (χ0n) is 8.76. The molecule has 0 radical (unpaired) electrons. The van der Waals surface area contributed by atoms with Crippen LogP contribution in [-0.4, -0.2) is 36.4 Å². The zero-order valence-corrected chi connectivity index (χ0v) is 8.76. The number of carbonyl (C=O) groups excluding carboxylic acids is 1. The normalized spacial score (nSPS) is 22.0. The summed E-state index contributed by atoms with van der Waals surface area (Å²) in [6, 6.07) is 0. The van der Waals surface area contributed by atoms with Crippen molar-refractivity contribution in [3.05, 3.63) is 0 Å². The van der Waals surface area contributed by atoms with Gasteiger partial charge in [-0.05, 0) is 27.2 Å². The molecule has 13 heavy (non-hydrogen) atoms. The quantitative estimate of drug-likeness (QED) is 0.668. The van der Waals surface area contributed by atoms with E-state index in [-0.39, 0.29) is 12.3 Å². The van der Waals surface area contributed by atoms with Crippen molar-refractivity contribution in [3.8, 4) is 0 Å². The molecule has 76 valence electrons. The minimum Gasteiger partial charge on any atom is -0.444 e. The maximum Gasteiger partial charge on any atom is 0.411 e. The Morgan fingerprint density at radius 3 is 2.38 bits per heavy atom. The molecule has 1 aliphatic heterocycles. The van der Waals surface area contributed by atoms with Crippen molar-refractivity contribution in [1.29, 1.82) is 0 Å². The van der Waals surface area contributed by atoms with Gasteiger partial charge >= 0.3 is 6.09 Å². The lowest BCUT2D eigenvalue weighted by atomic mass is 10.2. The molecule has 4 nitrogen and oxygen atoms in total. The van der Waals surface area contributed by atoms with Crippen LogP contribution in [0, 0.1) is 0 Å². The molecule has 1 aliphatic rings. The van der Waals surface area contributed by atoms with E-state index in [4.69, 9.17) is 4.74 Å². The largest absolute Gasteiger partial charge is 0.444 e. The van der Waals surface area contributed by atoms with Crippen LogP contribution in [0.3, 0.4) is 0 Å². The van der Waals surface area contributed by atoms with Gasteiger partial charge in [-0.2, -0.15) is 0 Å². The Labute approximate surface area is 79.2 Å². The first-order valence-electron chi connectivity index (χ1n) is 4.59. The average molecular weight is 186 g/mol. The average Bonchev–Trinajstić information content (AvgIpc) is 1.78. The minimum absolute atomic E-state index is 0.162. The van der Waals surface area contributed by atoms with Gasteiger partial charge in [0.1, 0.15) is 5.60 Å². The number of hydrogen-bond acceptors (Lipinski definition) is 3. The molecule has 0 saturated carbocycles. The molecule has 1 rings (SSSR count). The lowest BCUT2D eigenvalue weighted by Gasteiger charge is -2.36. The van der Waals surface area contributed by atoms with Gasteiger partial charge in [0.2, 0.25) is 0 Å². The number of amides is 1. The maximum atomic E-state index is 11.5. The molecule has 0 aliphatic carbocycles. The Kier molecular flexibility index (Phi) is 2.81. The van der Waals surface area contributed by atoms with Crippen LogP contribution >= 0.6 is 0 Å². The Morgan fingerprint density at radius 2 is 2.08 bits per heavy atom. The fourth-order valence-corrected chi connectivity index (χ4v) is 1.07. The van der Waals surface area contributed by atoms with Crippen LogP contribution < -0.4 is 5.32 Å². The van der Waals surface area contributed by atoms with Crippen LogP contribution in [0.25, 0.3) is 0 Å². The third-order valence-electron chi connectivity index (χ3n) is 1.95. The summed E-state index contributed by atoms with van der Waals surface area (Å²) >= 11 is 0. The van der Waals surface area contributed by atoms with E-state index in [2.05, 4.69) is 5.32 Å². The highest BCUT2D eigenvalue weighted by atomic mass is 16.6. The van der Waals surface area contributed by atoms with Gasteiger partial charge in [0, 0.05) is 13.6 Å². The molecule has 1 atom stereocenters. The van der Waals surface area contributed by atoms with E-state index in [1.165, 1.54) is 0 Å². The molecule has 0 spiro atoms. The van der Waals surface area contributed by atoms with Crippen LogP contribution in [0.15, 0.2) is 0 Å². The highest BCUT2D eigenvalue weighted by Crippen LogP contribution is 2.13. The van der Waals surface area contributed by atoms with Gasteiger partial charge in [0.25, 0.3) is 0 Å². The van der Waals surface area contributed by atoms with E-state index in [1.807, 2.05) is 20.8 Å². The maximum absolute atomic E-state index is 11.5. The van der Waals surface area contributed by atoms with Crippen molar-refractivity contribution in [2.75, 3.05) is 13.6 Å². The number of carbonyl (C=O) groups is 1. The molecular formula is C9H18N2O2. The van der Waals surface area contributed by atoms with Gasteiger partial charge in [-0.15, -0.1) is 0 Å². The van der Waals surface area contributed by atoms with E-state index >= 15 is 0 Å². The molecule has 1 heterocycles. The number of hydrogen-bond donors (Lipinski definition) is 1. The van der Waals surface area contributed by atoms with Crippen molar-refractivity contribution in [2.24, 2.45) is 0 Å². The number of nitrogens with one attached hydrogen (secondary N) is 1. The number of rotatable bonds is 1. The third kappa shape index (κ3) is 2.88. The van der Waals surface area contributed by atoms with Crippen LogP contribution in [0.4, 0.5) is 4.79 Å². The van der Waals surface area contributed by atoms with Crippen LogP contribution in [0.1, 0.15) is 27.2 Å². The third-order valence-corrected chi connectivity index (χ3v) is 1.95. The molecule has 1 amide bonds. The molecule has 1 saturated heterocycles. The van der Waals surface area contributed by atoms with Crippen LogP contribution in [-0.2, 0) is 4.74 Å². The lowest BCUT2D eigenvalue weighted by molar-refractivity contribution is 0.0114. The molecule has 0 aromatic rings. The summed E-state index contributed by atoms with van der Waals surface area (Å²) in [7, 11) is 1.75. The van der Waals surface area contributed by atoms with E-state index in [1.54, 1.807) is 11.9 Å². The van der Waals surface area contributed by atoms with Crippen LogP contribution in [0.2, 0.25) is 0 Å². The van der Waals surface area contributed by atoms with Crippen molar-refractivity contribution in [2.45, 2.75) is 39.0 Å². The Morgan fingerprint density at radius 1 is 1.54 bits per heavy atom. The van der Waals surface area contributed by atoms with Gasteiger partial charge in [0.05, 0.1) is 6.17 Å². The molecule has 1 fully saturated rings. The monoisotopic (exact) mass is 186 g/mol. The summed E-state index contributed by atoms with van der Waals surface area (Å²) in [6.45, 7) is 6.59. The molecular weight excluding hydrogens is 168 g/mol. The van der Waals surface area contributed by atoms with E-state index < -0.39 is 5.60 Å². The van der Waals surface area contributed by atoms with Crippen LogP contribution in [0.5, 0.6) is 0 Å². The first-order chi connectivity index (χ1) is 5.90. The predicted molar refractivity (Wildman–Crippen MR) is 50.4 cm³/mol. The smallest absolute Gasteiger partial charge is 0.411 e. The second-order valence-corrected chi connectivity index (χ2v) is 4.35. The number of ether oxygens (including phenoxy) is 1. The Hall–Kier alpha value is -0.770. The second-order valence-electron chi connectivity index (χ2n) is 4.35. The van der Waals surface area contributed by atoms with Crippen molar-refractivity contribution >= 4 is 6.09 Å². The second kappa shape index (κ2) is 3.54. The van der Waals surface area contributed by atoms with Crippen molar-refractivity contribution in [3.63, 3.8) is 0 Å². The summed E-state index contributed by atoms with van der Waals surface area (Å²) in [6.07, 6.45) is 0.912. The zero-order chi connectivity index (χ0) is 10.1. The highest BCUT2D eigenvalue weighted by Gasteiger charge is 2.28. The summed E-state index contributed by atoms with van der Waals surface area (Å²) < 4.78 is 5.20. The standard InChI is InChI=1S/C9H18N2O2/c1-9(2,3)13-8(12)11(4)7-5-6-10-7/h7,10H,5-6H2,1-4H3. The SMILES string of the molecule is CN(C(=O)OC(C)(C)C)C1CCN1. The molecule has 0 aromatic carbocycles. The van der Waals surface area contributed by atoms with E-state index in [0.717, 1.165) is 13.0 Å². The lowest BCUT2D eigenvalue weighted by Crippen LogP contribution is -2.56. The molecule has 0 bridgehead atoms. The summed E-state index contributed by atoms with van der Waals surface area (Å²) in [5.74, 6) is 0. The summed E-state index contributed by atoms with van der Waals surface area (Å²) in [4.78, 5) is 13.1. The van der Waals surface area contributed by atoms with Gasteiger partial charge in [-0.25, -0.2) is 4.79 Å². The Bertz CT molecular complexity index is 194. The number of nitrogens with zero attached hydrogens (tertiary/aromatic N) is 1. The van der Waals surface area contributed by atoms with E-state index in [0.29, 0.717) is 0 Å². The molecule has 1 unspecified atom stereocenters. The van der Waals surface area contributed by atoms with Crippen molar-refractivity contribution < 1.29 is 9.53 Å². The van der Waals surface area contributed by atoms with E-state index in [9.17, 15) is 4.79 Å². The van der Waals surface area contributed by atoms with Crippen molar-refractivity contribution in [1.82, 2.24) is 10.2 Å². The predicted octanol–water partition coefficient (Wildman–Crippen LogP) is 1.17. The summed E-state index contributed by atoms with van der Waals surface area (Å²) in [5.41, 5.74) is -0.408.